The summed E-state index contributed by atoms with van der Waals surface area (Å²) in [5, 5.41) is 0. The first-order valence-corrected chi connectivity index (χ1v) is 3.79. The van der Waals surface area contributed by atoms with Crippen molar-refractivity contribution in [2.45, 2.75) is 20.3 Å². The number of aryl methyl sites for hydroxylation is 1. The number of rotatable bonds is 2. The Morgan fingerprint density at radius 2 is 2.36 bits per heavy atom. The normalized spacial score (nSPS) is 12.1. The summed E-state index contributed by atoms with van der Waals surface area (Å²) in [6.45, 7) is 4.06. The van der Waals surface area contributed by atoms with E-state index in [-0.39, 0.29) is 0 Å². The van der Waals surface area contributed by atoms with E-state index in [1.54, 1.807) is 13.3 Å². The predicted molar refractivity (Wildman–Crippen MR) is 46.2 cm³/mol. The van der Waals surface area contributed by atoms with Gasteiger partial charge in [0.15, 0.2) is 0 Å². The summed E-state index contributed by atoms with van der Waals surface area (Å²) in [5.74, 6) is 1.02. The third-order valence-corrected chi connectivity index (χ3v) is 1.79. The minimum atomic E-state index is 0.926. The van der Waals surface area contributed by atoms with Crippen LogP contribution in [0.15, 0.2) is 21.7 Å². The smallest absolute Gasteiger partial charge is 0.112 e. The minimum Gasteiger partial charge on any atom is -0.469 e. The van der Waals surface area contributed by atoms with E-state index in [1.807, 2.05) is 13.0 Å². The van der Waals surface area contributed by atoms with Gasteiger partial charge in [-0.3, -0.25) is 4.99 Å². The average Bonchev–Trinajstić information content (AvgIpc) is 2.50. The van der Waals surface area contributed by atoms with Gasteiger partial charge < -0.3 is 4.42 Å². The Bertz CT molecular complexity index is 260. The van der Waals surface area contributed by atoms with Gasteiger partial charge in [0.05, 0.1) is 6.26 Å². The van der Waals surface area contributed by atoms with E-state index in [4.69, 9.17) is 4.42 Å². The first-order chi connectivity index (χ1) is 5.29. The van der Waals surface area contributed by atoms with Gasteiger partial charge in [0.2, 0.25) is 0 Å². The highest BCUT2D eigenvalue weighted by atomic mass is 16.3. The summed E-state index contributed by atoms with van der Waals surface area (Å²) in [4.78, 5) is 4.10. The van der Waals surface area contributed by atoms with Crippen molar-refractivity contribution < 1.29 is 4.42 Å². The van der Waals surface area contributed by atoms with Crippen molar-refractivity contribution >= 4 is 5.71 Å². The van der Waals surface area contributed by atoms with E-state index >= 15 is 0 Å². The fraction of sp³-hybridized carbons (Fsp3) is 0.444. The van der Waals surface area contributed by atoms with Crippen molar-refractivity contribution in [2.24, 2.45) is 4.99 Å². The number of nitrogens with zero attached hydrogens (tertiary/aromatic N) is 1. The van der Waals surface area contributed by atoms with Crippen molar-refractivity contribution in [3.8, 4) is 0 Å². The van der Waals surface area contributed by atoms with E-state index in [0.717, 1.165) is 23.5 Å². The van der Waals surface area contributed by atoms with Gasteiger partial charge in [-0.15, -0.1) is 0 Å². The quantitative estimate of drug-likeness (QED) is 0.595. The zero-order chi connectivity index (χ0) is 8.27. The van der Waals surface area contributed by atoms with Crippen LogP contribution in [0.5, 0.6) is 0 Å². The lowest BCUT2D eigenvalue weighted by molar-refractivity contribution is 0.515. The largest absolute Gasteiger partial charge is 0.469 e. The molecule has 0 aliphatic heterocycles. The first kappa shape index (κ1) is 8.05. The molecule has 1 aromatic rings. The zero-order valence-corrected chi connectivity index (χ0v) is 7.22. The summed E-state index contributed by atoms with van der Waals surface area (Å²) >= 11 is 0. The van der Waals surface area contributed by atoms with Crippen LogP contribution in [-0.4, -0.2) is 12.8 Å². The maximum Gasteiger partial charge on any atom is 0.112 e. The van der Waals surface area contributed by atoms with Crippen LogP contribution in [0.3, 0.4) is 0 Å². The Labute approximate surface area is 66.9 Å². The molecule has 0 saturated carbocycles. The molecule has 1 heterocycles. The van der Waals surface area contributed by atoms with Gasteiger partial charge in [-0.1, -0.05) is 6.92 Å². The fourth-order valence-electron chi connectivity index (χ4n) is 1.06. The molecule has 0 saturated heterocycles. The molecule has 60 valence electrons. The summed E-state index contributed by atoms with van der Waals surface area (Å²) in [5.41, 5.74) is 2.17. The molecule has 2 heteroatoms. The monoisotopic (exact) mass is 151 g/mol. The van der Waals surface area contributed by atoms with Crippen LogP contribution in [0.1, 0.15) is 25.2 Å². The molecule has 0 amide bonds. The molecule has 0 spiro atoms. The van der Waals surface area contributed by atoms with Gasteiger partial charge in [-0.25, -0.2) is 0 Å². The van der Waals surface area contributed by atoms with Crippen LogP contribution < -0.4 is 0 Å². The SMILES string of the molecule is CCc1occc1C(C)=NC. The third kappa shape index (κ3) is 1.50. The predicted octanol–water partition coefficient (Wildman–Crippen LogP) is 2.28. The Morgan fingerprint density at radius 1 is 1.64 bits per heavy atom. The van der Waals surface area contributed by atoms with E-state index in [2.05, 4.69) is 11.9 Å². The van der Waals surface area contributed by atoms with E-state index in [1.165, 1.54) is 0 Å². The maximum absolute atomic E-state index is 5.26. The van der Waals surface area contributed by atoms with Gasteiger partial charge in [-0.05, 0) is 13.0 Å². The summed E-state index contributed by atoms with van der Waals surface area (Å²) in [7, 11) is 1.79. The first-order valence-electron chi connectivity index (χ1n) is 3.79. The zero-order valence-electron chi connectivity index (χ0n) is 7.22. The molecule has 0 unspecified atom stereocenters. The topological polar surface area (TPSA) is 25.5 Å². The van der Waals surface area contributed by atoms with Crippen molar-refractivity contribution in [1.29, 1.82) is 0 Å². The standard InChI is InChI=1S/C9H13NO/c1-4-9-8(5-6-11-9)7(2)10-3/h5-6H,4H2,1-3H3. The number of hydrogen-bond acceptors (Lipinski definition) is 2. The molecule has 0 N–H and O–H groups in total. The Kier molecular flexibility index (Phi) is 2.47. The summed E-state index contributed by atoms with van der Waals surface area (Å²) < 4.78 is 5.26. The Balaban J connectivity index is 3.02. The highest BCUT2D eigenvalue weighted by Crippen LogP contribution is 2.11. The Hall–Kier alpha value is -1.05. The molecule has 1 aromatic heterocycles. The van der Waals surface area contributed by atoms with Crippen LogP contribution >= 0.6 is 0 Å². The molecule has 0 aliphatic carbocycles. The molecule has 1 rings (SSSR count). The number of aliphatic imine (C=N–C) groups is 1. The van der Waals surface area contributed by atoms with E-state index < -0.39 is 0 Å². The highest BCUT2D eigenvalue weighted by molar-refractivity contribution is 5.99. The minimum absolute atomic E-state index is 0.926. The van der Waals surface area contributed by atoms with Gasteiger partial charge in [-0.2, -0.15) is 0 Å². The Morgan fingerprint density at radius 3 is 2.91 bits per heavy atom. The van der Waals surface area contributed by atoms with Crippen LogP contribution in [0, 0.1) is 0 Å². The molecular weight excluding hydrogens is 138 g/mol. The molecule has 2 nitrogen and oxygen atoms in total. The molecule has 0 bridgehead atoms. The lowest BCUT2D eigenvalue weighted by atomic mass is 10.1. The maximum atomic E-state index is 5.26. The molecule has 0 fully saturated rings. The van der Waals surface area contributed by atoms with E-state index in [0.29, 0.717) is 0 Å². The second kappa shape index (κ2) is 3.37. The third-order valence-electron chi connectivity index (χ3n) is 1.79. The second-order valence-corrected chi connectivity index (χ2v) is 2.42. The van der Waals surface area contributed by atoms with Crippen molar-refractivity contribution in [3.05, 3.63) is 23.7 Å². The van der Waals surface area contributed by atoms with Gasteiger partial charge in [0.1, 0.15) is 5.76 Å². The molecule has 0 aromatic carbocycles. The van der Waals surface area contributed by atoms with Crippen LogP contribution in [-0.2, 0) is 6.42 Å². The van der Waals surface area contributed by atoms with Gasteiger partial charge in [0, 0.05) is 24.7 Å². The summed E-state index contributed by atoms with van der Waals surface area (Å²) in [6.07, 6.45) is 2.64. The molecule has 0 aliphatic rings. The fourth-order valence-corrected chi connectivity index (χ4v) is 1.06. The molecule has 11 heavy (non-hydrogen) atoms. The lowest BCUT2D eigenvalue weighted by Crippen LogP contribution is -1.95. The molecule has 0 radical (unpaired) electrons. The second-order valence-electron chi connectivity index (χ2n) is 2.42. The lowest BCUT2D eigenvalue weighted by Gasteiger charge is -1.96. The average molecular weight is 151 g/mol. The molecule has 0 atom stereocenters. The molecular formula is C9H13NO. The highest BCUT2D eigenvalue weighted by Gasteiger charge is 2.05. The van der Waals surface area contributed by atoms with Crippen molar-refractivity contribution in [1.82, 2.24) is 0 Å². The van der Waals surface area contributed by atoms with E-state index in [9.17, 15) is 0 Å². The van der Waals surface area contributed by atoms with Crippen molar-refractivity contribution in [3.63, 3.8) is 0 Å². The van der Waals surface area contributed by atoms with Crippen LogP contribution in [0.2, 0.25) is 0 Å². The number of hydrogen-bond donors (Lipinski definition) is 0. The number of furan rings is 1. The van der Waals surface area contributed by atoms with Crippen LogP contribution in [0.25, 0.3) is 0 Å². The van der Waals surface area contributed by atoms with Gasteiger partial charge in [0.25, 0.3) is 0 Å². The van der Waals surface area contributed by atoms with Crippen molar-refractivity contribution in [2.75, 3.05) is 7.05 Å². The van der Waals surface area contributed by atoms with Gasteiger partial charge >= 0.3 is 0 Å². The van der Waals surface area contributed by atoms with Crippen LogP contribution in [0.4, 0.5) is 0 Å². The summed E-state index contributed by atoms with van der Waals surface area (Å²) in [6, 6.07) is 1.96.